The SMILES string of the molecule is CC(=O)c1ccc(OC(F)F)cc1OC(F)(F)F. The number of Topliss-reactive ketones (excluding diaryl/α,β-unsaturated/α-hetero) is 1. The van der Waals surface area contributed by atoms with E-state index in [0.29, 0.717) is 6.07 Å². The van der Waals surface area contributed by atoms with Crippen molar-refractivity contribution in [1.29, 1.82) is 0 Å². The molecule has 1 rings (SSSR count). The number of benzene rings is 1. The van der Waals surface area contributed by atoms with Crippen LogP contribution in [0.1, 0.15) is 17.3 Å². The average Bonchev–Trinajstić information content (AvgIpc) is 2.13. The normalized spacial score (nSPS) is 11.5. The number of halogens is 5. The van der Waals surface area contributed by atoms with Crippen LogP contribution >= 0.6 is 0 Å². The van der Waals surface area contributed by atoms with E-state index in [1.54, 1.807) is 0 Å². The van der Waals surface area contributed by atoms with Crippen molar-refractivity contribution in [3.8, 4) is 11.5 Å². The van der Waals surface area contributed by atoms with Gasteiger partial charge in [0.05, 0.1) is 5.56 Å². The fraction of sp³-hybridized carbons (Fsp3) is 0.300. The minimum absolute atomic E-state index is 0.381. The molecule has 0 aliphatic heterocycles. The quantitative estimate of drug-likeness (QED) is 0.621. The summed E-state index contributed by atoms with van der Waals surface area (Å²) in [4.78, 5) is 11.0. The summed E-state index contributed by atoms with van der Waals surface area (Å²) in [6.45, 7) is -2.17. The third-order valence-electron chi connectivity index (χ3n) is 1.78. The third kappa shape index (κ3) is 4.19. The molecule has 0 saturated heterocycles. The predicted molar refractivity (Wildman–Crippen MR) is 49.8 cm³/mol. The van der Waals surface area contributed by atoms with Gasteiger partial charge in [-0.1, -0.05) is 0 Å². The van der Waals surface area contributed by atoms with Gasteiger partial charge in [-0.05, 0) is 19.1 Å². The van der Waals surface area contributed by atoms with Gasteiger partial charge >= 0.3 is 13.0 Å². The Morgan fingerprint density at radius 2 is 1.89 bits per heavy atom. The average molecular weight is 270 g/mol. The lowest BCUT2D eigenvalue weighted by Crippen LogP contribution is -2.19. The van der Waals surface area contributed by atoms with Crippen LogP contribution in [0, 0.1) is 0 Å². The van der Waals surface area contributed by atoms with E-state index in [-0.39, 0.29) is 5.56 Å². The number of carbonyl (C=O) groups is 1. The molecule has 0 heterocycles. The van der Waals surface area contributed by atoms with Crippen molar-refractivity contribution in [2.75, 3.05) is 0 Å². The Morgan fingerprint density at radius 3 is 2.33 bits per heavy atom. The van der Waals surface area contributed by atoms with Gasteiger partial charge in [-0.2, -0.15) is 8.78 Å². The summed E-state index contributed by atoms with van der Waals surface area (Å²) in [5.74, 6) is -2.11. The molecular weight excluding hydrogens is 263 g/mol. The maximum Gasteiger partial charge on any atom is 0.573 e. The molecular formula is C10H7F5O3. The molecule has 0 fully saturated rings. The Labute approximate surface area is 98.1 Å². The minimum Gasteiger partial charge on any atom is -0.435 e. The Morgan fingerprint density at radius 1 is 1.28 bits per heavy atom. The van der Waals surface area contributed by atoms with Gasteiger partial charge in [0.1, 0.15) is 11.5 Å². The van der Waals surface area contributed by atoms with Crippen LogP contribution in [0.2, 0.25) is 0 Å². The number of hydrogen-bond acceptors (Lipinski definition) is 3. The van der Waals surface area contributed by atoms with E-state index in [1.165, 1.54) is 0 Å². The Balaban J connectivity index is 3.11. The second-order valence-corrected chi connectivity index (χ2v) is 3.14. The smallest absolute Gasteiger partial charge is 0.435 e. The number of ketones is 1. The topological polar surface area (TPSA) is 35.5 Å². The second kappa shape index (κ2) is 5.19. The first-order valence-electron chi connectivity index (χ1n) is 4.54. The maximum absolute atomic E-state index is 12.1. The number of hydrogen-bond donors (Lipinski definition) is 0. The largest absolute Gasteiger partial charge is 0.573 e. The van der Waals surface area contributed by atoms with Crippen molar-refractivity contribution in [2.45, 2.75) is 19.9 Å². The number of alkyl halides is 5. The highest BCUT2D eigenvalue weighted by Gasteiger charge is 2.33. The lowest BCUT2D eigenvalue weighted by atomic mass is 10.1. The highest BCUT2D eigenvalue weighted by molar-refractivity contribution is 5.97. The minimum atomic E-state index is -5.03. The molecule has 100 valence electrons. The Kier molecular flexibility index (Phi) is 4.10. The Bertz CT molecular complexity index is 442. The van der Waals surface area contributed by atoms with Gasteiger partial charge in [-0.3, -0.25) is 4.79 Å². The van der Waals surface area contributed by atoms with Crippen molar-refractivity contribution in [3.63, 3.8) is 0 Å². The second-order valence-electron chi connectivity index (χ2n) is 3.14. The number of ether oxygens (including phenoxy) is 2. The van der Waals surface area contributed by atoms with E-state index in [2.05, 4.69) is 9.47 Å². The standard InChI is InChI=1S/C10H7F5O3/c1-5(16)7-3-2-6(17-9(11)12)4-8(7)18-10(13,14)15/h2-4,9H,1H3. The van der Waals surface area contributed by atoms with Gasteiger partial charge in [-0.25, -0.2) is 0 Å². The predicted octanol–water partition coefficient (Wildman–Crippen LogP) is 3.39. The summed E-state index contributed by atoms with van der Waals surface area (Å²) >= 11 is 0. The maximum atomic E-state index is 12.1. The molecule has 1 aromatic carbocycles. The van der Waals surface area contributed by atoms with Crippen LogP contribution in [0.15, 0.2) is 18.2 Å². The van der Waals surface area contributed by atoms with E-state index >= 15 is 0 Å². The molecule has 0 N–H and O–H groups in total. The summed E-state index contributed by atoms with van der Waals surface area (Å²) in [5.41, 5.74) is -0.381. The van der Waals surface area contributed by atoms with Crippen molar-refractivity contribution in [3.05, 3.63) is 23.8 Å². The molecule has 0 aliphatic carbocycles. The van der Waals surface area contributed by atoms with Gasteiger partial charge < -0.3 is 9.47 Å². The van der Waals surface area contributed by atoms with Gasteiger partial charge in [0.15, 0.2) is 5.78 Å². The van der Waals surface area contributed by atoms with Crippen LogP contribution in [0.5, 0.6) is 11.5 Å². The van der Waals surface area contributed by atoms with Gasteiger partial charge in [-0.15, -0.1) is 13.2 Å². The molecule has 1 aromatic rings. The molecule has 0 aliphatic rings. The van der Waals surface area contributed by atoms with Crippen molar-refractivity contribution in [1.82, 2.24) is 0 Å². The van der Waals surface area contributed by atoms with Crippen LogP contribution in [-0.2, 0) is 0 Å². The van der Waals surface area contributed by atoms with E-state index in [4.69, 9.17) is 0 Å². The van der Waals surface area contributed by atoms with Crippen LogP contribution in [0.25, 0.3) is 0 Å². The highest BCUT2D eigenvalue weighted by Crippen LogP contribution is 2.31. The lowest BCUT2D eigenvalue weighted by molar-refractivity contribution is -0.274. The Hall–Kier alpha value is -1.86. The third-order valence-corrected chi connectivity index (χ3v) is 1.78. The first kappa shape index (κ1) is 14.2. The monoisotopic (exact) mass is 270 g/mol. The summed E-state index contributed by atoms with van der Waals surface area (Å²) in [5, 5.41) is 0. The zero-order valence-electron chi connectivity index (χ0n) is 8.92. The zero-order chi connectivity index (χ0) is 13.9. The van der Waals surface area contributed by atoms with Crippen molar-refractivity contribution < 1.29 is 36.2 Å². The molecule has 8 heteroatoms. The molecule has 0 aromatic heterocycles. The van der Waals surface area contributed by atoms with Crippen LogP contribution in [-0.4, -0.2) is 18.8 Å². The number of carbonyl (C=O) groups excluding carboxylic acids is 1. The molecule has 0 saturated carbocycles. The summed E-state index contributed by atoms with van der Waals surface area (Å²) < 4.78 is 67.4. The molecule has 0 bridgehead atoms. The lowest BCUT2D eigenvalue weighted by Gasteiger charge is -2.13. The van der Waals surface area contributed by atoms with E-state index < -0.39 is 30.3 Å². The fourth-order valence-electron chi connectivity index (χ4n) is 1.18. The first-order chi connectivity index (χ1) is 8.19. The molecule has 0 radical (unpaired) electrons. The van der Waals surface area contributed by atoms with Gasteiger partial charge in [0.2, 0.25) is 0 Å². The van der Waals surface area contributed by atoms with Crippen LogP contribution in [0.4, 0.5) is 22.0 Å². The molecule has 0 spiro atoms. The zero-order valence-corrected chi connectivity index (χ0v) is 8.92. The highest BCUT2D eigenvalue weighted by atomic mass is 19.4. The summed E-state index contributed by atoms with van der Waals surface area (Å²) in [6.07, 6.45) is -5.03. The summed E-state index contributed by atoms with van der Waals surface area (Å²) in [7, 11) is 0. The van der Waals surface area contributed by atoms with E-state index in [0.717, 1.165) is 19.1 Å². The molecule has 18 heavy (non-hydrogen) atoms. The summed E-state index contributed by atoms with van der Waals surface area (Å²) in [6, 6.07) is 2.45. The number of rotatable bonds is 4. The van der Waals surface area contributed by atoms with E-state index in [1.807, 2.05) is 0 Å². The van der Waals surface area contributed by atoms with Crippen molar-refractivity contribution >= 4 is 5.78 Å². The molecule has 3 nitrogen and oxygen atoms in total. The fourth-order valence-corrected chi connectivity index (χ4v) is 1.18. The molecule has 0 unspecified atom stereocenters. The van der Waals surface area contributed by atoms with Crippen molar-refractivity contribution in [2.24, 2.45) is 0 Å². The van der Waals surface area contributed by atoms with Gasteiger partial charge in [0.25, 0.3) is 0 Å². The molecule has 0 amide bonds. The van der Waals surface area contributed by atoms with Crippen LogP contribution in [0.3, 0.4) is 0 Å². The van der Waals surface area contributed by atoms with Gasteiger partial charge in [0, 0.05) is 6.07 Å². The van der Waals surface area contributed by atoms with Crippen LogP contribution < -0.4 is 9.47 Å². The first-order valence-corrected chi connectivity index (χ1v) is 4.54. The molecule has 0 atom stereocenters. The van der Waals surface area contributed by atoms with E-state index in [9.17, 15) is 26.7 Å².